The standard InChI is InChI=1S/C27H33N3O.C2H6/c1-5-29-13-7-10-25(29)17-28-27(31)23-11-12-26(20(3)15-23)30-18-24(16-21(30)4)22-9-6-8-19(2)14-22;1-2/h6,8-9,11-12,14-16,18,25H,5,7,10,13,17H2,1-4H3,(H,28,31);1-2H3. The fourth-order valence-electron chi connectivity index (χ4n) is 4.74. The van der Waals surface area contributed by atoms with Crippen LogP contribution >= 0.6 is 0 Å². The van der Waals surface area contributed by atoms with Gasteiger partial charge in [-0.3, -0.25) is 9.69 Å². The maximum absolute atomic E-state index is 12.7. The van der Waals surface area contributed by atoms with Crippen LogP contribution in [0.3, 0.4) is 0 Å². The number of likely N-dealkylation sites (N-methyl/N-ethyl adjacent to an activating group) is 1. The van der Waals surface area contributed by atoms with Crippen LogP contribution in [0.5, 0.6) is 0 Å². The number of likely N-dealkylation sites (tertiary alicyclic amines) is 1. The van der Waals surface area contributed by atoms with Gasteiger partial charge in [-0.15, -0.1) is 0 Å². The zero-order valence-electron chi connectivity index (χ0n) is 21.1. The van der Waals surface area contributed by atoms with Crippen LogP contribution in [0.1, 0.15) is 60.8 Å². The predicted octanol–water partition coefficient (Wildman–Crippen LogP) is 6.31. The zero-order valence-corrected chi connectivity index (χ0v) is 21.1. The summed E-state index contributed by atoms with van der Waals surface area (Å²) in [4.78, 5) is 15.2. The summed E-state index contributed by atoms with van der Waals surface area (Å²) < 4.78 is 2.21. The van der Waals surface area contributed by atoms with Crippen LogP contribution in [0.25, 0.3) is 16.8 Å². The molecule has 1 N–H and O–H groups in total. The fraction of sp³-hybridized carbons (Fsp3) is 0.414. The first-order chi connectivity index (χ1) is 16.0. The Morgan fingerprint density at radius 2 is 1.82 bits per heavy atom. The maximum Gasteiger partial charge on any atom is 0.251 e. The lowest BCUT2D eigenvalue weighted by Crippen LogP contribution is -2.40. The molecule has 4 rings (SSSR count). The molecule has 0 aliphatic carbocycles. The largest absolute Gasteiger partial charge is 0.350 e. The number of hydrogen-bond donors (Lipinski definition) is 1. The summed E-state index contributed by atoms with van der Waals surface area (Å²) in [5.41, 5.74) is 7.81. The molecule has 2 heterocycles. The van der Waals surface area contributed by atoms with Gasteiger partial charge in [0.15, 0.2) is 0 Å². The van der Waals surface area contributed by atoms with Crippen LogP contribution in [0, 0.1) is 20.8 Å². The molecular formula is C29H39N3O. The van der Waals surface area contributed by atoms with Gasteiger partial charge in [0.1, 0.15) is 0 Å². The topological polar surface area (TPSA) is 37.3 Å². The van der Waals surface area contributed by atoms with Crippen LogP contribution in [-0.2, 0) is 0 Å². The lowest BCUT2D eigenvalue weighted by atomic mass is 10.1. The number of nitrogens with one attached hydrogen (secondary N) is 1. The molecule has 1 unspecified atom stereocenters. The Balaban J connectivity index is 0.00000149. The number of carbonyl (C=O) groups is 1. The van der Waals surface area contributed by atoms with Crippen molar-refractivity contribution < 1.29 is 4.79 Å². The minimum Gasteiger partial charge on any atom is -0.350 e. The van der Waals surface area contributed by atoms with Gasteiger partial charge in [-0.1, -0.05) is 50.6 Å². The number of hydrogen-bond acceptors (Lipinski definition) is 2. The van der Waals surface area contributed by atoms with Gasteiger partial charge in [0.25, 0.3) is 5.91 Å². The Bertz CT molecular complexity index is 1080. The van der Waals surface area contributed by atoms with E-state index in [0.717, 1.165) is 36.4 Å². The Hall–Kier alpha value is -2.85. The van der Waals surface area contributed by atoms with Gasteiger partial charge in [0.05, 0.1) is 0 Å². The van der Waals surface area contributed by atoms with Crippen LogP contribution in [-0.4, -0.2) is 41.1 Å². The van der Waals surface area contributed by atoms with Crippen LogP contribution in [0.15, 0.2) is 54.7 Å². The van der Waals surface area contributed by atoms with Crippen molar-refractivity contribution in [3.63, 3.8) is 0 Å². The van der Waals surface area contributed by atoms with Gasteiger partial charge in [0.2, 0.25) is 0 Å². The predicted molar refractivity (Wildman–Crippen MR) is 139 cm³/mol. The third kappa shape index (κ3) is 5.75. The fourth-order valence-corrected chi connectivity index (χ4v) is 4.74. The van der Waals surface area contributed by atoms with E-state index in [2.05, 4.69) is 85.1 Å². The average molecular weight is 446 g/mol. The van der Waals surface area contributed by atoms with Gasteiger partial charge < -0.3 is 9.88 Å². The van der Waals surface area contributed by atoms with Gasteiger partial charge in [-0.05, 0) is 82.1 Å². The van der Waals surface area contributed by atoms with E-state index in [1.807, 2.05) is 26.0 Å². The summed E-state index contributed by atoms with van der Waals surface area (Å²) in [5.74, 6) is 0.0160. The highest BCUT2D eigenvalue weighted by atomic mass is 16.1. The lowest BCUT2D eigenvalue weighted by molar-refractivity contribution is 0.0941. The SMILES string of the molecule is CC.CCN1CCCC1CNC(=O)c1ccc(-n2cc(-c3cccc(C)c3)cc2C)c(C)c1. The first-order valence-electron chi connectivity index (χ1n) is 12.4. The molecule has 0 bridgehead atoms. The van der Waals surface area contributed by atoms with Gasteiger partial charge in [-0.2, -0.15) is 0 Å². The molecule has 33 heavy (non-hydrogen) atoms. The van der Waals surface area contributed by atoms with E-state index < -0.39 is 0 Å². The molecule has 0 saturated carbocycles. The molecule has 4 nitrogen and oxygen atoms in total. The Morgan fingerprint density at radius 1 is 1.03 bits per heavy atom. The van der Waals surface area contributed by atoms with E-state index in [1.54, 1.807) is 0 Å². The molecule has 1 fully saturated rings. The summed E-state index contributed by atoms with van der Waals surface area (Å²) in [6, 6.07) is 17.3. The summed E-state index contributed by atoms with van der Waals surface area (Å²) in [6.07, 6.45) is 4.58. The van der Waals surface area contributed by atoms with Gasteiger partial charge >= 0.3 is 0 Å². The second-order valence-corrected chi connectivity index (χ2v) is 8.75. The van der Waals surface area contributed by atoms with Crippen LogP contribution in [0.2, 0.25) is 0 Å². The lowest BCUT2D eigenvalue weighted by Gasteiger charge is -2.23. The third-order valence-corrected chi connectivity index (χ3v) is 6.49. The third-order valence-electron chi connectivity index (χ3n) is 6.49. The van der Waals surface area contributed by atoms with Crippen molar-refractivity contribution >= 4 is 5.91 Å². The van der Waals surface area contributed by atoms with Crippen molar-refractivity contribution in [1.82, 2.24) is 14.8 Å². The number of rotatable bonds is 6. The maximum atomic E-state index is 12.7. The molecule has 2 aromatic carbocycles. The molecule has 1 amide bonds. The first kappa shape index (κ1) is 24.8. The molecule has 1 aliphatic heterocycles. The summed E-state index contributed by atoms with van der Waals surface area (Å²) in [7, 11) is 0. The summed E-state index contributed by atoms with van der Waals surface area (Å²) in [5, 5.41) is 3.15. The van der Waals surface area contributed by atoms with Crippen molar-refractivity contribution in [2.24, 2.45) is 0 Å². The Kier molecular flexibility index (Phi) is 8.51. The highest BCUT2D eigenvalue weighted by Crippen LogP contribution is 2.27. The minimum atomic E-state index is 0.0160. The van der Waals surface area contributed by atoms with E-state index in [0.29, 0.717) is 6.04 Å². The number of aromatic nitrogens is 1. The normalized spacial score (nSPS) is 15.8. The first-order valence-corrected chi connectivity index (χ1v) is 12.4. The van der Waals surface area contributed by atoms with E-state index in [4.69, 9.17) is 0 Å². The van der Waals surface area contributed by atoms with Crippen molar-refractivity contribution in [1.29, 1.82) is 0 Å². The molecule has 176 valence electrons. The summed E-state index contributed by atoms with van der Waals surface area (Å²) in [6.45, 7) is 15.4. The molecule has 1 aliphatic rings. The van der Waals surface area contributed by atoms with E-state index in [1.165, 1.54) is 35.2 Å². The van der Waals surface area contributed by atoms with Crippen molar-refractivity contribution in [2.45, 2.75) is 60.4 Å². The number of benzene rings is 2. The molecule has 0 spiro atoms. The average Bonchev–Trinajstić information content (AvgIpc) is 3.45. The van der Waals surface area contributed by atoms with Gasteiger partial charge in [0, 0.05) is 41.3 Å². The van der Waals surface area contributed by atoms with E-state index in [-0.39, 0.29) is 5.91 Å². The molecule has 3 aromatic rings. The van der Waals surface area contributed by atoms with Crippen LogP contribution in [0.4, 0.5) is 0 Å². The van der Waals surface area contributed by atoms with Crippen molar-refractivity contribution in [2.75, 3.05) is 19.6 Å². The Labute approximate surface area is 199 Å². The number of aryl methyl sites for hydroxylation is 3. The van der Waals surface area contributed by atoms with E-state index in [9.17, 15) is 4.79 Å². The Morgan fingerprint density at radius 3 is 2.52 bits per heavy atom. The smallest absolute Gasteiger partial charge is 0.251 e. The van der Waals surface area contributed by atoms with Crippen LogP contribution < -0.4 is 5.32 Å². The number of amides is 1. The molecule has 1 atom stereocenters. The second-order valence-electron chi connectivity index (χ2n) is 8.75. The second kappa shape index (κ2) is 11.3. The van der Waals surface area contributed by atoms with Crippen molar-refractivity contribution in [3.8, 4) is 16.8 Å². The van der Waals surface area contributed by atoms with Crippen molar-refractivity contribution in [3.05, 3.63) is 77.1 Å². The quantitative estimate of drug-likeness (QED) is 0.483. The zero-order chi connectivity index (χ0) is 24.0. The molecule has 1 aromatic heterocycles. The van der Waals surface area contributed by atoms with E-state index >= 15 is 0 Å². The molecular weight excluding hydrogens is 406 g/mol. The molecule has 1 saturated heterocycles. The van der Waals surface area contributed by atoms with Gasteiger partial charge in [-0.25, -0.2) is 0 Å². The highest BCUT2D eigenvalue weighted by Gasteiger charge is 2.23. The molecule has 0 radical (unpaired) electrons. The monoisotopic (exact) mass is 445 g/mol. The molecule has 4 heteroatoms. The number of nitrogens with zero attached hydrogens (tertiary/aromatic N) is 2. The number of carbonyl (C=O) groups excluding carboxylic acids is 1. The highest BCUT2D eigenvalue weighted by molar-refractivity contribution is 5.94. The summed E-state index contributed by atoms with van der Waals surface area (Å²) >= 11 is 0. The minimum absolute atomic E-state index is 0.0160.